The maximum Gasteiger partial charge on any atom is 0.202 e. The minimum absolute atomic E-state index is 0.715. The first kappa shape index (κ1) is 6.27. The van der Waals surface area contributed by atoms with E-state index in [4.69, 9.17) is 0 Å². The summed E-state index contributed by atoms with van der Waals surface area (Å²) in [6.07, 6.45) is 0. The van der Waals surface area contributed by atoms with Gasteiger partial charge in [0.2, 0.25) is 5.65 Å². The Hall–Kier alpha value is -1.45. The zero-order chi connectivity index (χ0) is 7.84. The molecule has 2 aromatic rings. The highest BCUT2D eigenvalue weighted by Crippen LogP contribution is 2.05. The predicted molar refractivity (Wildman–Crippen MR) is 41.0 cm³/mol. The number of aryl methyl sites for hydroxylation is 2. The minimum Gasteiger partial charge on any atom is -0.230 e. The second kappa shape index (κ2) is 2.02. The van der Waals surface area contributed by atoms with Crippen molar-refractivity contribution in [3.63, 3.8) is 0 Å². The Morgan fingerprint density at radius 3 is 2.91 bits per heavy atom. The molecule has 0 aliphatic heterocycles. The topological polar surface area (TPSA) is 43.6 Å². The lowest BCUT2D eigenvalue weighted by Gasteiger charge is -1.86. The van der Waals surface area contributed by atoms with Crippen molar-refractivity contribution in [1.29, 1.82) is 0 Å². The number of nitrogens with zero attached hydrogens (tertiary/aromatic N) is 4. The van der Waals surface area contributed by atoms with Gasteiger partial charge < -0.3 is 0 Å². The molecule has 2 aromatic heterocycles. The lowest BCUT2D eigenvalue weighted by molar-refractivity contribution is 0.663. The van der Waals surface area contributed by atoms with Gasteiger partial charge >= 0.3 is 0 Å². The van der Waals surface area contributed by atoms with E-state index in [1.807, 2.05) is 19.1 Å². The van der Waals surface area contributed by atoms with Gasteiger partial charge in [0.1, 0.15) is 5.52 Å². The molecule has 56 valence electrons. The predicted octanol–water partition coefficient (Wildman–Crippen LogP) is 0.672. The van der Waals surface area contributed by atoms with Crippen LogP contribution in [-0.2, 0) is 7.05 Å². The highest BCUT2D eigenvalue weighted by molar-refractivity contribution is 5.68. The van der Waals surface area contributed by atoms with Crippen LogP contribution in [0.1, 0.15) is 5.69 Å². The summed E-state index contributed by atoms with van der Waals surface area (Å²) < 4.78 is 0. The van der Waals surface area contributed by atoms with E-state index in [9.17, 15) is 0 Å². The molecule has 0 amide bonds. The molecule has 0 aliphatic carbocycles. The fourth-order valence-corrected chi connectivity index (χ4v) is 1.00. The molecule has 0 atom stereocenters. The zero-order valence-corrected chi connectivity index (χ0v) is 6.44. The van der Waals surface area contributed by atoms with E-state index >= 15 is 0 Å². The third-order valence-corrected chi connectivity index (χ3v) is 1.49. The summed E-state index contributed by atoms with van der Waals surface area (Å²) in [6.45, 7) is 1.94. The van der Waals surface area contributed by atoms with Gasteiger partial charge in [0.05, 0.1) is 0 Å². The minimum atomic E-state index is 0.715. The first-order valence-electron chi connectivity index (χ1n) is 3.40. The molecule has 4 heteroatoms. The van der Waals surface area contributed by atoms with Gasteiger partial charge in [0.25, 0.3) is 0 Å². The molecule has 0 bridgehead atoms. The molecule has 0 spiro atoms. The molecule has 2 heterocycles. The number of pyridine rings is 1. The third-order valence-electron chi connectivity index (χ3n) is 1.49. The van der Waals surface area contributed by atoms with Crippen molar-refractivity contribution in [2.24, 2.45) is 7.05 Å². The first-order chi connectivity index (χ1) is 5.25. The fourth-order valence-electron chi connectivity index (χ4n) is 1.00. The SMILES string of the molecule is Cc1ccc2nn(C)nc2n1. The normalized spacial score (nSPS) is 10.7. The summed E-state index contributed by atoms with van der Waals surface area (Å²) in [7, 11) is 1.79. The van der Waals surface area contributed by atoms with Gasteiger partial charge in [-0.3, -0.25) is 0 Å². The van der Waals surface area contributed by atoms with E-state index < -0.39 is 0 Å². The Morgan fingerprint density at radius 1 is 1.27 bits per heavy atom. The van der Waals surface area contributed by atoms with Crippen LogP contribution in [0.15, 0.2) is 12.1 Å². The van der Waals surface area contributed by atoms with Crippen molar-refractivity contribution in [2.45, 2.75) is 6.92 Å². The quantitative estimate of drug-likeness (QED) is 0.551. The van der Waals surface area contributed by atoms with E-state index in [1.165, 1.54) is 4.80 Å². The Labute approximate surface area is 63.9 Å². The Bertz CT molecular complexity index is 390. The number of aromatic nitrogens is 4. The average molecular weight is 148 g/mol. The fraction of sp³-hybridized carbons (Fsp3) is 0.286. The van der Waals surface area contributed by atoms with Crippen molar-refractivity contribution in [3.05, 3.63) is 17.8 Å². The number of fused-ring (bicyclic) bond motifs is 1. The van der Waals surface area contributed by atoms with E-state index in [2.05, 4.69) is 15.2 Å². The van der Waals surface area contributed by atoms with Crippen LogP contribution >= 0.6 is 0 Å². The van der Waals surface area contributed by atoms with Crippen LogP contribution in [0.25, 0.3) is 11.2 Å². The van der Waals surface area contributed by atoms with Crippen LogP contribution in [0.5, 0.6) is 0 Å². The molecule has 4 nitrogen and oxygen atoms in total. The summed E-state index contributed by atoms with van der Waals surface area (Å²) >= 11 is 0. The molecule has 0 aliphatic rings. The van der Waals surface area contributed by atoms with Crippen molar-refractivity contribution < 1.29 is 0 Å². The summed E-state index contributed by atoms with van der Waals surface area (Å²) in [4.78, 5) is 5.73. The second-order valence-electron chi connectivity index (χ2n) is 2.48. The monoisotopic (exact) mass is 148 g/mol. The molecule has 0 unspecified atom stereocenters. The standard InChI is InChI=1S/C7H8N4/c1-5-3-4-6-7(8-5)10-11(2)9-6/h3-4H,1-2H3. The van der Waals surface area contributed by atoms with E-state index in [0.717, 1.165) is 11.2 Å². The smallest absolute Gasteiger partial charge is 0.202 e. The van der Waals surface area contributed by atoms with E-state index in [0.29, 0.717) is 5.65 Å². The molecule has 2 rings (SSSR count). The van der Waals surface area contributed by atoms with Crippen LogP contribution in [0, 0.1) is 6.92 Å². The zero-order valence-electron chi connectivity index (χ0n) is 6.44. The van der Waals surface area contributed by atoms with Crippen LogP contribution in [0.4, 0.5) is 0 Å². The van der Waals surface area contributed by atoms with Crippen LogP contribution in [0.2, 0.25) is 0 Å². The van der Waals surface area contributed by atoms with Gasteiger partial charge in [0.15, 0.2) is 0 Å². The van der Waals surface area contributed by atoms with Crippen LogP contribution in [-0.4, -0.2) is 20.0 Å². The van der Waals surface area contributed by atoms with Crippen molar-refractivity contribution in [3.8, 4) is 0 Å². The van der Waals surface area contributed by atoms with Gasteiger partial charge in [0, 0.05) is 12.7 Å². The van der Waals surface area contributed by atoms with Crippen molar-refractivity contribution in [1.82, 2.24) is 20.0 Å². The van der Waals surface area contributed by atoms with Gasteiger partial charge in [-0.05, 0) is 19.1 Å². The highest BCUT2D eigenvalue weighted by Gasteiger charge is 1.99. The summed E-state index contributed by atoms with van der Waals surface area (Å²) in [5.41, 5.74) is 2.53. The summed E-state index contributed by atoms with van der Waals surface area (Å²) in [6, 6.07) is 3.85. The maximum absolute atomic E-state index is 4.20. The maximum atomic E-state index is 4.20. The largest absolute Gasteiger partial charge is 0.230 e. The van der Waals surface area contributed by atoms with Crippen LogP contribution < -0.4 is 0 Å². The molecule has 0 N–H and O–H groups in total. The van der Waals surface area contributed by atoms with Gasteiger partial charge in [-0.1, -0.05) is 0 Å². The average Bonchev–Trinajstić information content (AvgIpc) is 2.27. The Kier molecular flexibility index (Phi) is 1.15. The molecular weight excluding hydrogens is 140 g/mol. The summed E-state index contributed by atoms with van der Waals surface area (Å²) in [5, 5.41) is 8.17. The molecule has 0 saturated heterocycles. The molecule has 11 heavy (non-hydrogen) atoms. The number of rotatable bonds is 0. The molecule has 0 saturated carbocycles. The lowest BCUT2D eigenvalue weighted by atomic mass is 10.4. The summed E-state index contributed by atoms with van der Waals surface area (Å²) in [5.74, 6) is 0. The Morgan fingerprint density at radius 2 is 2.09 bits per heavy atom. The third kappa shape index (κ3) is 0.960. The molecule has 0 fully saturated rings. The number of hydrogen-bond acceptors (Lipinski definition) is 3. The van der Waals surface area contributed by atoms with E-state index in [1.54, 1.807) is 7.05 Å². The molecule has 0 radical (unpaired) electrons. The molecular formula is C7H8N4. The van der Waals surface area contributed by atoms with Crippen molar-refractivity contribution in [2.75, 3.05) is 0 Å². The van der Waals surface area contributed by atoms with Crippen LogP contribution in [0.3, 0.4) is 0 Å². The Balaban J connectivity index is 2.82. The first-order valence-corrected chi connectivity index (χ1v) is 3.40. The van der Waals surface area contributed by atoms with E-state index in [-0.39, 0.29) is 0 Å². The molecule has 0 aromatic carbocycles. The highest BCUT2D eigenvalue weighted by atomic mass is 15.5. The van der Waals surface area contributed by atoms with Gasteiger partial charge in [-0.25, -0.2) is 4.98 Å². The van der Waals surface area contributed by atoms with Crippen molar-refractivity contribution >= 4 is 11.2 Å². The second-order valence-corrected chi connectivity index (χ2v) is 2.48. The van der Waals surface area contributed by atoms with Gasteiger partial charge in [-0.15, -0.1) is 5.10 Å². The lowest BCUT2D eigenvalue weighted by Crippen LogP contribution is -1.90. The number of hydrogen-bond donors (Lipinski definition) is 0. The van der Waals surface area contributed by atoms with Gasteiger partial charge in [-0.2, -0.15) is 9.90 Å².